The van der Waals surface area contributed by atoms with E-state index in [0.29, 0.717) is 19.6 Å². The van der Waals surface area contributed by atoms with Gasteiger partial charge in [0.25, 0.3) is 5.91 Å². The van der Waals surface area contributed by atoms with Gasteiger partial charge in [0.1, 0.15) is 9.77 Å². The van der Waals surface area contributed by atoms with Crippen molar-refractivity contribution >= 4 is 33.0 Å². The highest BCUT2D eigenvalue weighted by Gasteiger charge is 2.30. The predicted molar refractivity (Wildman–Crippen MR) is 109 cm³/mol. The molecule has 3 rings (SSSR count). The lowest BCUT2D eigenvalue weighted by atomic mass is 10.2. The van der Waals surface area contributed by atoms with Crippen molar-refractivity contribution in [2.45, 2.75) is 30.7 Å². The molecule has 27 heavy (non-hydrogen) atoms. The molecule has 0 spiro atoms. The molecule has 1 saturated heterocycles. The molecule has 1 aromatic heterocycles. The molecule has 0 radical (unpaired) electrons. The van der Waals surface area contributed by atoms with Gasteiger partial charge in [-0.25, -0.2) is 8.42 Å². The first-order valence-corrected chi connectivity index (χ1v) is 11.3. The summed E-state index contributed by atoms with van der Waals surface area (Å²) >= 11 is 1.17. The van der Waals surface area contributed by atoms with Gasteiger partial charge >= 0.3 is 0 Å². The molecule has 0 bridgehead atoms. The third kappa shape index (κ3) is 4.51. The highest BCUT2D eigenvalue weighted by atomic mass is 32.2. The van der Waals surface area contributed by atoms with E-state index in [1.807, 2.05) is 43.3 Å². The number of amides is 1. The molecule has 1 N–H and O–H groups in total. The molecular weight excluding hydrogens is 382 g/mol. The van der Waals surface area contributed by atoms with Gasteiger partial charge in [0.15, 0.2) is 0 Å². The molecule has 6 nitrogen and oxygen atoms in total. The lowest BCUT2D eigenvalue weighted by Gasteiger charge is -2.25. The van der Waals surface area contributed by atoms with Crippen LogP contribution in [0.4, 0.5) is 5.69 Å². The zero-order valence-corrected chi connectivity index (χ0v) is 17.3. The fraction of sp³-hybridized carbons (Fsp3) is 0.421. The number of sulfonamides is 1. The van der Waals surface area contributed by atoms with Crippen LogP contribution in [0.15, 0.2) is 40.6 Å². The number of carbonyl (C=O) groups excluding carboxylic acids is 1. The van der Waals surface area contributed by atoms with E-state index in [2.05, 4.69) is 5.32 Å². The second kappa shape index (κ2) is 8.41. The monoisotopic (exact) mass is 407 g/mol. The van der Waals surface area contributed by atoms with Gasteiger partial charge in [-0.1, -0.05) is 18.6 Å². The van der Waals surface area contributed by atoms with Crippen LogP contribution >= 0.6 is 11.3 Å². The Bertz CT molecular complexity index is 883. The highest BCUT2D eigenvalue weighted by Crippen LogP contribution is 2.27. The fourth-order valence-corrected chi connectivity index (χ4v) is 5.92. The van der Waals surface area contributed by atoms with Crippen molar-refractivity contribution in [1.29, 1.82) is 0 Å². The average molecular weight is 408 g/mol. The van der Waals surface area contributed by atoms with Gasteiger partial charge in [0, 0.05) is 39.4 Å². The van der Waals surface area contributed by atoms with Gasteiger partial charge in [0.2, 0.25) is 10.0 Å². The van der Waals surface area contributed by atoms with Crippen LogP contribution in [0.3, 0.4) is 0 Å². The molecule has 1 amide bonds. The molecule has 1 aliphatic rings. The Labute approximate surface area is 164 Å². The van der Waals surface area contributed by atoms with Gasteiger partial charge in [0.05, 0.1) is 0 Å². The summed E-state index contributed by atoms with van der Waals surface area (Å²) in [4.78, 5) is 15.0. The Morgan fingerprint density at radius 1 is 1.11 bits per heavy atom. The third-order valence-electron chi connectivity index (χ3n) is 4.67. The van der Waals surface area contributed by atoms with Gasteiger partial charge in [-0.3, -0.25) is 4.79 Å². The number of carbonyl (C=O) groups is 1. The van der Waals surface area contributed by atoms with Gasteiger partial charge in [-0.05, 0) is 42.0 Å². The summed E-state index contributed by atoms with van der Waals surface area (Å²) in [7, 11) is 0.325. The third-order valence-corrected chi connectivity index (χ3v) is 7.66. The first-order valence-electron chi connectivity index (χ1n) is 9.01. The number of rotatable bonds is 6. The molecule has 0 aliphatic carbocycles. The summed E-state index contributed by atoms with van der Waals surface area (Å²) in [6.07, 6.45) is 2.79. The Morgan fingerprint density at radius 2 is 1.78 bits per heavy atom. The van der Waals surface area contributed by atoms with Crippen LogP contribution in [0.25, 0.3) is 0 Å². The van der Waals surface area contributed by atoms with Crippen LogP contribution in [-0.4, -0.2) is 45.8 Å². The van der Waals surface area contributed by atoms with Crippen LogP contribution < -0.4 is 10.2 Å². The van der Waals surface area contributed by atoms with Crippen molar-refractivity contribution in [3.05, 3.63) is 46.2 Å². The Balaban J connectivity index is 1.70. The highest BCUT2D eigenvalue weighted by molar-refractivity contribution is 7.89. The van der Waals surface area contributed by atoms with E-state index >= 15 is 0 Å². The van der Waals surface area contributed by atoms with Gasteiger partial charge < -0.3 is 10.2 Å². The molecule has 1 aliphatic heterocycles. The summed E-state index contributed by atoms with van der Waals surface area (Å²) in [5.41, 5.74) is 2.05. The number of piperidine rings is 1. The molecule has 0 atom stereocenters. The lowest BCUT2D eigenvalue weighted by Crippen LogP contribution is -2.36. The molecule has 2 aromatic rings. The SMILES string of the molecule is CN(C)c1ccc(CNC(=O)c2sccc2S(=O)(=O)N2CCCCC2)cc1. The van der Waals surface area contributed by atoms with Crippen LogP contribution in [0.5, 0.6) is 0 Å². The van der Waals surface area contributed by atoms with Crippen LogP contribution in [0, 0.1) is 0 Å². The number of thiophene rings is 1. The van der Waals surface area contributed by atoms with E-state index in [0.717, 1.165) is 30.5 Å². The summed E-state index contributed by atoms with van der Waals surface area (Å²) in [5, 5.41) is 4.50. The Kier molecular flexibility index (Phi) is 6.18. The number of nitrogens with zero attached hydrogens (tertiary/aromatic N) is 2. The maximum atomic E-state index is 12.9. The fourth-order valence-electron chi connectivity index (χ4n) is 3.09. The second-order valence-electron chi connectivity index (χ2n) is 6.82. The number of hydrogen-bond donors (Lipinski definition) is 1. The second-order valence-corrected chi connectivity index (χ2v) is 9.64. The van der Waals surface area contributed by atoms with Crippen molar-refractivity contribution < 1.29 is 13.2 Å². The zero-order valence-electron chi connectivity index (χ0n) is 15.6. The van der Waals surface area contributed by atoms with Crippen molar-refractivity contribution in [2.75, 3.05) is 32.1 Å². The Morgan fingerprint density at radius 3 is 2.41 bits per heavy atom. The topological polar surface area (TPSA) is 69.7 Å². The zero-order chi connectivity index (χ0) is 19.4. The van der Waals surface area contributed by atoms with Crippen molar-refractivity contribution in [3.63, 3.8) is 0 Å². The molecule has 8 heteroatoms. The molecule has 2 heterocycles. The van der Waals surface area contributed by atoms with Gasteiger partial charge in [-0.2, -0.15) is 4.31 Å². The Hall–Kier alpha value is -1.90. The maximum absolute atomic E-state index is 12.9. The first-order chi connectivity index (χ1) is 12.9. The van der Waals surface area contributed by atoms with Crippen molar-refractivity contribution in [1.82, 2.24) is 9.62 Å². The number of benzene rings is 1. The quantitative estimate of drug-likeness (QED) is 0.799. The van der Waals surface area contributed by atoms with E-state index in [4.69, 9.17) is 0 Å². The maximum Gasteiger partial charge on any atom is 0.263 e. The molecule has 146 valence electrons. The van der Waals surface area contributed by atoms with E-state index in [1.54, 1.807) is 5.38 Å². The number of anilines is 1. The first kappa shape index (κ1) is 19.9. The van der Waals surface area contributed by atoms with Gasteiger partial charge in [-0.15, -0.1) is 11.3 Å². The smallest absolute Gasteiger partial charge is 0.263 e. The van der Waals surface area contributed by atoms with Crippen LogP contribution in [-0.2, 0) is 16.6 Å². The van der Waals surface area contributed by atoms with Crippen LogP contribution in [0.2, 0.25) is 0 Å². The van der Waals surface area contributed by atoms with Crippen molar-refractivity contribution in [2.24, 2.45) is 0 Å². The minimum Gasteiger partial charge on any atom is -0.378 e. The molecule has 1 aromatic carbocycles. The number of hydrogen-bond acceptors (Lipinski definition) is 5. The minimum absolute atomic E-state index is 0.120. The van der Waals surface area contributed by atoms with E-state index in [1.165, 1.54) is 21.7 Å². The average Bonchev–Trinajstić information content (AvgIpc) is 3.18. The van der Waals surface area contributed by atoms with E-state index in [-0.39, 0.29) is 15.7 Å². The summed E-state index contributed by atoms with van der Waals surface area (Å²) in [6.45, 7) is 1.41. The lowest BCUT2D eigenvalue weighted by molar-refractivity contribution is 0.0952. The van der Waals surface area contributed by atoms with Crippen LogP contribution in [0.1, 0.15) is 34.5 Å². The van der Waals surface area contributed by atoms with E-state index in [9.17, 15) is 13.2 Å². The largest absolute Gasteiger partial charge is 0.378 e. The standard InChI is InChI=1S/C19H25N3O3S2/c1-21(2)16-8-6-15(7-9-16)14-20-19(23)18-17(10-13-26-18)27(24,25)22-11-4-3-5-12-22/h6-10,13H,3-5,11-12,14H2,1-2H3,(H,20,23). The summed E-state index contributed by atoms with van der Waals surface area (Å²) < 4.78 is 27.3. The minimum atomic E-state index is -3.62. The predicted octanol–water partition coefficient (Wildman–Crippen LogP) is 2.92. The summed E-state index contributed by atoms with van der Waals surface area (Å²) in [5.74, 6) is -0.350. The summed E-state index contributed by atoms with van der Waals surface area (Å²) in [6, 6.07) is 9.41. The normalized spacial score (nSPS) is 15.5. The molecule has 0 unspecified atom stereocenters. The molecule has 1 fully saturated rings. The number of nitrogens with one attached hydrogen (secondary N) is 1. The van der Waals surface area contributed by atoms with E-state index < -0.39 is 10.0 Å². The molecular formula is C19H25N3O3S2. The molecule has 0 saturated carbocycles. The van der Waals surface area contributed by atoms with Crippen molar-refractivity contribution in [3.8, 4) is 0 Å².